The lowest BCUT2D eigenvalue weighted by Crippen LogP contribution is -2.39. The van der Waals surface area contributed by atoms with E-state index < -0.39 is 5.41 Å². The Morgan fingerprint density at radius 2 is 2.31 bits per heavy atom. The summed E-state index contributed by atoms with van der Waals surface area (Å²) in [4.78, 5) is 18.6. The summed E-state index contributed by atoms with van der Waals surface area (Å²) in [5.74, 6) is -0.213. The van der Waals surface area contributed by atoms with E-state index in [4.69, 9.17) is 5.26 Å². The Kier molecular flexibility index (Phi) is 4.06. The molecule has 0 unspecified atom stereocenters. The zero-order valence-electron chi connectivity index (χ0n) is 9.58. The first-order chi connectivity index (χ1) is 7.68. The molecule has 0 aliphatic rings. The highest BCUT2D eigenvalue weighted by atomic mass is 16.2. The lowest BCUT2D eigenvalue weighted by Gasteiger charge is -2.21. The molecule has 16 heavy (non-hydrogen) atoms. The molecule has 5 heteroatoms. The minimum absolute atomic E-state index is 0.213. The van der Waals surface area contributed by atoms with E-state index in [0.29, 0.717) is 19.4 Å². The largest absolute Gasteiger partial charge is 0.349 e. The van der Waals surface area contributed by atoms with Crippen LogP contribution >= 0.6 is 0 Å². The Morgan fingerprint density at radius 1 is 1.62 bits per heavy atom. The van der Waals surface area contributed by atoms with Crippen molar-refractivity contribution in [2.45, 2.75) is 33.2 Å². The van der Waals surface area contributed by atoms with Crippen molar-refractivity contribution in [1.29, 1.82) is 5.26 Å². The highest BCUT2D eigenvalue weighted by Crippen LogP contribution is 2.25. The quantitative estimate of drug-likeness (QED) is 0.786. The van der Waals surface area contributed by atoms with Gasteiger partial charge in [0.1, 0.15) is 5.41 Å². The number of hydrogen-bond acceptors (Lipinski definition) is 3. The molecule has 0 saturated heterocycles. The minimum Gasteiger partial charge on any atom is -0.349 e. The van der Waals surface area contributed by atoms with Gasteiger partial charge in [-0.25, -0.2) is 4.98 Å². The van der Waals surface area contributed by atoms with Gasteiger partial charge in [-0.05, 0) is 12.8 Å². The summed E-state index contributed by atoms with van der Waals surface area (Å²) in [7, 11) is 0. The number of nitrogens with one attached hydrogen (secondary N) is 2. The number of H-pyrrole nitrogens is 1. The van der Waals surface area contributed by atoms with E-state index in [1.165, 1.54) is 0 Å². The number of hydrogen-bond donors (Lipinski definition) is 2. The first kappa shape index (κ1) is 12.2. The maximum Gasteiger partial charge on any atom is 0.240 e. The molecule has 0 bridgehead atoms. The average molecular weight is 220 g/mol. The summed E-state index contributed by atoms with van der Waals surface area (Å²) in [5.41, 5.74) is -0.0765. The van der Waals surface area contributed by atoms with Crippen molar-refractivity contribution in [3.05, 3.63) is 18.2 Å². The van der Waals surface area contributed by atoms with Crippen LogP contribution in [0, 0.1) is 16.7 Å². The molecule has 5 nitrogen and oxygen atoms in total. The number of carbonyl (C=O) groups excluding carboxylic acids is 1. The second-order valence-electron chi connectivity index (χ2n) is 3.66. The van der Waals surface area contributed by atoms with Crippen molar-refractivity contribution in [2.24, 2.45) is 5.41 Å². The van der Waals surface area contributed by atoms with Gasteiger partial charge < -0.3 is 10.3 Å². The Labute approximate surface area is 94.9 Å². The minimum atomic E-state index is -0.903. The molecule has 0 radical (unpaired) electrons. The Balaban J connectivity index is 2.61. The summed E-state index contributed by atoms with van der Waals surface area (Å²) >= 11 is 0. The molecule has 1 amide bonds. The molecule has 0 aliphatic heterocycles. The van der Waals surface area contributed by atoms with E-state index in [1.54, 1.807) is 12.5 Å². The highest BCUT2D eigenvalue weighted by Gasteiger charge is 2.34. The summed E-state index contributed by atoms with van der Waals surface area (Å²) in [5, 5.41) is 11.8. The van der Waals surface area contributed by atoms with Gasteiger partial charge in [-0.3, -0.25) is 4.79 Å². The normalized spacial score (nSPS) is 10.8. The lowest BCUT2D eigenvalue weighted by molar-refractivity contribution is -0.128. The molecule has 86 valence electrons. The number of carbonyl (C=O) groups is 1. The smallest absolute Gasteiger partial charge is 0.240 e. The van der Waals surface area contributed by atoms with Gasteiger partial charge in [-0.1, -0.05) is 13.8 Å². The van der Waals surface area contributed by atoms with Crippen molar-refractivity contribution in [3.8, 4) is 6.07 Å². The molecule has 0 aliphatic carbocycles. The fraction of sp³-hybridized carbons (Fsp3) is 0.545. The molecule has 0 spiro atoms. The van der Waals surface area contributed by atoms with Crippen molar-refractivity contribution in [1.82, 2.24) is 15.3 Å². The van der Waals surface area contributed by atoms with Crippen LogP contribution in [0.15, 0.2) is 12.5 Å². The van der Waals surface area contributed by atoms with Gasteiger partial charge in [-0.2, -0.15) is 5.26 Å². The third-order valence-corrected chi connectivity index (χ3v) is 2.85. The number of aromatic amines is 1. The monoisotopic (exact) mass is 220 g/mol. The Morgan fingerprint density at radius 3 is 2.75 bits per heavy atom. The fourth-order valence-electron chi connectivity index (χ4n) is 1.51. The molecule has 0 saturated carbocycles. The first-order valence-corrected chi connectivity index (χ1v) is 5.35. The fourth-order valence-corrected chi connectivity index (χ4v) is 1.51. The van der Waals surface area contributed by atoms with Crippen molar-refractivity contribution >= 4 is 5.91 Å². The molecule has 1 rings (SSSR count). The van der Waals surface area contributed by atoms with Crippen LogP contribution in [0.25, 0.3) is 0 Å². The molecule has 0 fully saturated rings. The second kappa shape index (κ2) is 5.31. The number of nitriles is 1. The third-order valence-electron chi connectivity index (χ3n) is 2.85. The van der Waals surface area contributed by atoms with Crippen LogP contribution in [0.4, 0.5) is 0 Å². The summed E-state index contributed by atoms with van der Waals surface area (Å²) in [6, 6.07) is 2.11. The number of imidazole rings is 1. The van der Waals surface area contributed by atoms with Crippen molar-refractivity contribution in [3.63, 3.8) is 0 Å². The van der Waals surface area contributed by atoms with Gasteiger partial charge in [0.05, 0.1) is 24.6 Å². The van der Waals surface area contributed by atoms with Gasteiger partial charge in [0.25, 0.3) is 0 Å². The first-order valence-electron chi connectivity index (χ1n) is 5.35. The van der Waals surface area contributed by atoms with Gasteiger partial charge in [0, 0.05) is 6.20 Å². The van der Waals surface area contributed by atoms with E-state index >= 15 is 0 Å². The SMILES string of the molecule is CCC(C#N)(CC)C(=O)NCc1cnc[nH]1. The van der Waals surface area contributed by atoms with E-state index in [0.717, 1.165) is 5.69 Å². The number of nitrogens with zero attached hydrogens (tertiary/aromatic N) is 2. The van der Waals surface area contributed by atoms with Gasteiger partial charge >= 0.3 is 0 Å². The van der Waals surface area contributed by atoms with Gasteiger partial charge in [0.15, 0.2) is 0 Å². The Hall–Kier alpha value is -1.83. The third kappa shape index (κ3) is 2.40. The molecule has 1 heterocycles. The predicted molar refractivity (Wildman–Crippen MR) is 59.1 cm³/mol. The Bertz CT molecular complexity index is 373. The average Bonchev–Trinajstić information content (AvgIpc) is 2.82. The van der Waals surface area contributed by atoms with Crippen LogP contribution in [0.5, 0.6) is 0 Å². The van der Waals surface area contributed by atoms with Gasteiger partial charge in [-0.15, -0.1) is 0 Å². The van der Waals surface area contributed by atoms with E-state index in [9.17, 15) is 4.79 Å². The van der Waals surface area contributed by atoms with Crippen LogP contribution in [0.1, 0.15) is 32.4 Å². The number of rotatable bonds is 5. The van der Waals surface area contributed by atoms with Gasteiger partial charge in [0.2, 0.25) is 5.91 Å². The molecular formula is C11H16N4O. The van der Waals surface area contributed by atoms with E-state index in [1.807, 2.05) is 13.8 Å². The van der Waals surface area contributed by atoms with Crippen LogP contribution in [-0.2, 0) is 11.3 Å². The van der Waals surface area contributed by atoms with E-state index in [-0.39, 0.29) is 5.91 Å². The highest BCUT2D eigenvalue weighted by molar-refractivity contribution is 5.85. The summed E-state index contributed by atoms with van der Waals surface area (Å²) in [6.07, 6.45) is 4.24. The molecule has 1 aromatic heterocycles. The van der Waals surface area contributed by atoms with Crippen molar-refractivity contribution < 1.29 is 4.79 Å². The number of aromatic nitrogens is 2. The maximum absolute atomic E-state index is 11.9. The second-order valence-corrected chi connectivity index (χ2v) is 3.66. The molecular weight excluding hydrogens is 204 g/mol. The zero-order chi connectivity index (χ0) is 12.0. The van der Waals surface area contributed by atoms with Crippen LogP contribution in [-0.4, -0.2) is 15.9 Å². The van der Waals surface area contributed by atoms with E-state index in [2.05, 4.69) is 21.4 Å². The van der Waals surface area contributed by atoms with Crippen molar-refractivity contribution in [2.75, 3.05) is 0 Å². The number of amides is 1. The predicted octanol–water partition coefficient (Wildman–Crippen LogP) is 1.36. The molecule has 1 aromatic rings. The van der Waals surface area contributed by atoms with Crippen LogP contribution in [0.2, 0.25) is 0 Å². The molecule has 2 N–H and O–H groups in total. The molecule has 0 atom stereocenters. The van der Waals surface area contributed by atoms with Crippen LogP contribution < -0.4 is 5.32 Å². The molecule has 0 aromatic carbocycles. The zero-order valence-corrected chi connectivity index (χ0v) is 9.58. The maximum atomic E-state index is 11.9. The standard InChI is InChI=1S/C11H16N4O/c1-3-11(4-2,7-12)10(16)14-6-9-5-13-8-15-9/h5,8H,3-4,6H2,1-2H3,(H,13,15)(H,14,16). The lowest BCUT2D eigenvalue weighted by atomic mass is 9.83. The summed E-state index contributed by atoms with van der Waals surface area (Å²) < 4.78 is 0. The van der Waals surface area contributed by atoms with Crippen LogP contribution in [0.3, 0.4) is 0 Å². The topological polar surface area (TPSA) is 81.6 Å². The summed E-state index contributed by atoms with van der Waals surface area (Å²) in [6.45, 7) is 4.08.